The molecule has 30 heavy (non-hydrogen) atoms. The van der Waals surface area contributed by atoms with Crippen molar-refractivity contribution in [3.8, 4) is 5.75 Å². The summed E-state index contributed by atoms with van der Waals surface area (Å²) in [6.45, 7) is 7.90. The first kappa shape index (κ1) is 20.3. The minimum atomic E-state index is -0.843. The number of benzene rings is 1. The molecule has 1 aromatic carbocycles. The molecule has 0 spiro atoms. The molecule has 2 unspecified atom stereocenters. The fourth-order valence-corrected chi connectivity index (χ4v) is 4.04. The van der Waals surface area contributed by atoms with Gasteiger partial charge in [0.05, 0.1) is 46.6 Å². The van der Waals surface area contributed by atoms with E-state index < -0.39 is 18.0 Å². The number of cyclic esters (lactones) is 1. The third-order valence-electron chi connectivity index (χ3n) is 5.20. The zero-order valence-electron chi connectivity index (χ0n) is 17.0. The molecule has 1 aliphatic heterocycles. The van der Waals surface area contributed by atoms with Gasteiger partial charge in [0.2, 0.25) is 0 Å². The summed E-state index contributed by atoms with van der Waals surface area (Å²) in [6.07, 6.45) is 0.0275. The third kappa shape index (κ3) is 3.23. The number of carbonyl (C=O) groups excluding carboxylic acids is 1. The largest absolute Gasteiger partial charge is 0.493 e. The zero-order chi connectivity index (χ0) is 21.6. The van der Waals surface area contributed by atoms with Crippen LogP contribution in [0.15, 0.2) is 12.4 Å². The van der Waals surface area contributed by atoms with Crippen LogP contribution >= 0.6 is 11.6 Å². The number of hydrogen-bond acceptors (Lipinski definition) is 6. The molecule has 10 heteroatoms. The Bertz CT molecular complexity index is 1150. The average molecular weight is 434 g/mol. The lowest BCUT2D eigenvalue weighted by molar-refractivity contribution is 0.137. The molecular weight excluding hydrogens is 413 g/mol. The molecular formula is C20H21ClFN5O3. The molecule has 1 N–H and O–H groups in total. The number of aromatic nitrogens is 4. The van der Waals surface area contributed by atoms with Crippen molar-refractivity contribution in [2.24, 2.45) is 0 Å². The van der Waals surface area contributed by atoms with E-state index in [0.29, 0.717) is 23.6 Å². The molecule has 1 saturated heterocycles. The van der Waals surface area contributed by atoms with E-state index in [4.69, 9.17) is 21.1 Å². The fraction of sp³-hybridized carbons (Fsp3) is 0.400. The second-order valence-corrected chi connectivity index (χ2v) is 7.48. The highest BCUT2D eigenvalue weighted by atomic mass is 35.5. The first-order valence-electron chi connectivity index (χ1n) is 9.58. The van der Waals surface area contributed by atoms with Crippen LogP contribution in [0.2, 0.25) is 5.02 Å². The van der Waals surface area contributed by atoms with E-state index in [1.807, 2.05) is 20.8 Å². The Labute approximate surface area is 177 Å². The molecule has 0 saturated carbocycles. The summed E-state index contributed by atoms with van der Waals surface area (Å²) in [4.78, 5) is 20.2. The Kier molecular flexibility index (Phi) is 5.23. The molecule has 3 aromatic rings. The fourth-order valence-electron chi connectivity index (χ4n) is 3.82. The van der Waals surface area contributed by atoms with Gasteiger partial charge in [0.1, 0.15) is 12.1 Å². The molecule has 8 nitrogen and oxygen atoms in total. The van der Waals surface area contributed by atoms with E-state index in [2.05, 4.69) is 20.4 Å². The third-order valence-corrected chi connectivity index (χ3v) is 5.47. The second-order valence-electron chi connectivity index (χ2n) is 7.08. The number of aryl methyl sites for hydroxylation is 2. The Morgan fingerprint density at radius 3 is 2.83 bits per heavy atom. The van der Waals surface area contributed by atoms with Gasteiger partial charge >= 0.3 is 6.09 Å². The Morgan fingerprint density at radius 2 is 2.17 bits per heavy atom. The number of alkyl carbamates (subject to hydrolysis) is 1. The van der Waals surface area contributed by atoms with Crippen molar-refractivity contribution in [3.63, 3.8) is 0 Å². The summed E-state index contributed by atoms with van der Waals surface area (Å²) in [5.74, 6) is -0.377. The summed E-state index contributed by atoms with van der Waals surface area (Å²) >= 11 is 6.24. The van der Waals surface area contributed by atoms with E-state index in [0.717, 1.165) is 16.8 Å². The monoisotopic (exact) mass is 433 g/mol. The average Bonchev–Trinajstić information content (AvgIpc) is 3.28. The van der Waals surface area contributed by atoms with Crippen LogP contribution in [0.25, 0.3) is 11.0 Å². The topological polar surface area (TPSA) is 91.2 Å². The lowest BCUT2D eigenvalue weighted by Crippen LogP contribution is -2.16. The van der Waals surface area contributed by atoms with Gasteiger partial charge in [-0.2, -0.15) is 5.10 Å². The maximum Gasteiger partial charge on any atom is 0.407 e. The van der Waals surface area contributed by atoms with Crippen LogP contribution in [0.5, 0.6) is 5.75 Å². The van der Waals surface area contributed by atoms with Crippen molar-refractivity contribution >= 4 is 28.7 Å². The number of nitrogens with zero attached hydrogens (tertiary/aromatic N) is 4. The lowest BCUT2D eigenvalue weighted by atomic mass is 9.99. The van der Waals surface area contributed by atoms with Crippen molar-refractivity contribution in [3.05, 3.63) is 45.7 Å². The Hall–Kier alpha value is -2.94. The number of amides is 1. The van der Waals surface area contributed by atoms with E-state index >= 15 is 4.39 Å². The van der Waals surface area contributed by atoms with Gasteiger partial charge < -0.3 is 14.8 Å². The van der Waals surface area contributed by atoms with Crippen LogP contribution in [0.4, 0.5) is 9.18 Å². The van der Waals surface area contributed by atoms with Crippen molar-refractivity contribution in [1.82, 2.24) is 25.1 Å². The van der Waals surface area contributed by atoms with Crippen LogP contribution < -0.4 is 10.1 Å². The first-order chi connectivity index (χ1) is 14.3. The second kappa shape index (κ2) is 7.71. The molecule has 0 radical (unpaired) electrons. The number of halogens is 2. The summed E-state index contributed by atoms with van der Waals surface area (Å²) in [6, 6.07) is 1.14. The number of hydrogen-bond donors (Lipinski definition) is 1. The van der Waals surface area contributed by atoms with Crippen LogP contribution in [-0.2, 0) is 4.74 Å². The predicted molar refractivity (Wildman–Crippen MR) is 108 cm³/mol. The van der Waals surface area contributed by atoms with Crippen LogP contribution in [0, 0.1) is 19.7 Å². The number of ether oxygens (including phenoxy) is 2. The van der Waals surface area contributed by atoms with E-state index in [1.54, 1.807) is 11.6 Å². The summed E-state index contributed by atoms with van der Waals surface area (Å²) in [7, 11) is 0. The molecule has 1 aliphatic rings. The van der Waals surface area contributed by atoms with Crippen LogP contribution in [-0.4, -0.2) is 39.0 Å². The molecule has 2 aromatic heterocycles. The maximum absolute atomic E-state index is 15.0. The number of rotatable bonds is 5. The van der Waals surface area contributed by atoms with Crippen molar-refractivity contribution in [2.75, 3.05) is 13.2 Å². The van der Waals surface area contributed by atoms with E-state index in [-0.39, 0.29) is 23.2 Å². The Morgan fingerprint density at radius 1 is 1.40 bits per heavy atom. The Balaban J connectivity index is 1.91. The molecule has 0 bridgehead atoms. The van der Waals surface area contributed by atoms with Gasteiger partial charge in [-0.3, -0.25) is 0 Å². The molecule has 1 fully saturated rings. The summed E-state index contributed by atoms with van der Waals surface area (Å²) in [5, 5.41) is 7.96. The first-order valence-corrected chi connectivity index (χ1v) is 9.96. The van der Waals surface area contributed by atoms with Gasteiger partial charge in [0.15, 0.2) is 17.6 Å². The lowest BCUT2D eigenvalue weighted by Gasteiger charge is -2.23. The molecule has 2 atom stereocenters. The number of fused-ring (bicyclic) bond motifs is 1. The highest BCUT2D eigenvalue weighted by Crippen LogP contribution is 2.42. The van der Waals surface area contributed by atoms with Crippen molar-refractivity contribution in [2.45, 2.75) is 39.8 Å². The molecule has 0 aliphatic carbocycles. The van der Waals surface area contributed by atoms with Gasteiger partial charge in [-0.15, -0.1) is 0 Å². The van der Waals surface area contributed by atoms with Gasteiger partial charge in [0.25, 0.3) is 0 Å². The quantitative estimate of drug-likeness (QED) is 0.653. The van der Waals surface area contributed by atoms with Gasteiger partial charge in [-0.25, -0.2) is 23.8 Å². The molecule has 158 valence electrons. The highest BCUT2D eigenvalue weighted by Gasteiger charge is 2.34. The molecule has 3 heterocycles. The van der Waals surface area contributed by atoms with Crippen LogP contribution in [0.1, 0.15) is 48.5 Å². The van der Waals surface area contributed by atoms with Gasteiger partial charge in [0, 0.05) is 5.56 Å². The summed E-state index contributed by atoms with van der Waals surface area (Å²) in [5.41, 5.74) is 2.99. The number of carbonyl (C=O) groups is 1. The smallest absolute Gasteiger partial charge is 0.407 e. The number of nitrogens with one attached hydrogen (secondary N) is 1. The SMILES string of the molecule is CCOc1c(C(C)n2nc(C)c3c(C)ncnc32)cc(Cl)c(F)c1C1CNC(=O)O1. The summed E-state index contributed by atoms with van der Waals surface area (Å²) < 4.78 is 27.9. The highest BCUT2D eigenvalue weighted by molar-refractivity contribution is 6.31. The van der Waals surface area contributed by atoms with Gasteiger partial charge in [-0.05, 0) is 33.8 Å². The van der Waals surface area contributed by atoms with Crippen LogP contribution in [0.3, 0.4) is 0 Å². The predicted octanol–water partition coefficient (Wildman–Crippen LogP) is 4.02. The minimum absolute atomic E-state index is 0.0859. The van der Waals surface area contributed by atoms with Crippen molar-refractivity contribution < 1.29 is 18.7 Å². The standard InChI is InChI=1S/C20H21ClFN5O3/c1-5-29-18-12(6-13(21)17(22)16(18)14-7-23-20(28)30-14)11(4)27-19-15(10(3)26-27)9(2)24-8-25-19/h6,8,11,14H,5,7H2,1-4H3,(H,23,28). The maximum atomic E-state index is 15.0. The van der Waals surface area contributed by atoms with E-state index in [9.17, 15) is 4.79 Å². The van der Waals surface area contributed by atoms with Crippen molar-refractivity contribution in [1.29, 1.82) is 0 Å². The molecule has 4 rings (SSSR count). The van der Waals surface area contributed by atoms with Gasteiger partial charge in [-0.1, -0.05) is 11.6 Å². The normalized spacial score (nSPS) is 17.1. The minimum Gasteiger partial charge on any atom is -0.493 e. The van der Waals surface area contributed by atoms with E-state index in [1.165, 1.54) is 12.4 Å². The zero-order valence-corrected chi connectivity index (χ0v) is 17.7. The molecule has 1 amide bonds.